The lowest BCUT2D eigenvalue weighted by Crippen LogP contribution is -2.37. The van der Waals surface area contributed by atoms with Crippen LogP contribution < -0.4 is 5.73 Å². The molecular formula is C9H22N2O. The fourth-order valence-corrected chi connectivity index (χ4v) is 1.19. The van der Waals surface area contributed by atoms with Gasteiger partial charge in [0.1, 0.15) is 0 Å². The van der Waals surface area contributed by atoms with Crippen molar-refractivity contribution in [2.75, 3.05) is 19.6 Å². The Morgan fingerprint density at radius 3 is 2.25 bits per heavy atom. The summed E-state index contributed by atoms with van der Waals surface area (Å²) in [6.45, 7) is 8.55. The van der Waals surface area contributed by atoms with E-state index in [9.17, 15) is 5.11 Å². The zero-order chi connectivity index (χ0) is 9.56. The van der Waals surface area contributed by atoms with Crippen molar-refractivity contribution in [1.82, 2.24) is 4.90 Å². The number of aliphatic hydroxyl groups is 1. The monoisotopic (exact) mass is 174 g/mol. The minimum absolute atomic E-state index is 0.245. The topological polar surface area (TPSA) is 49.5 Å². The van der Waals surface area contributed by atoms with E-state index >= 15 is 0 Å². The van der Waals surface area contributed by atoms with E-state index in [0.29, 0.717) is 6.04 Å². The molecule has 1 unspecified atom stereocenters. The Kier molecular flexibility index (Phi) is 6.34. The molecule has 1 atom stereocenters. The van der Waals surface area contributed by atoms with Crippen molar-refractivity contribution in [3.63, 3.8) is 0 Å². The Labute approximate surface area is 75.6 Å². The lowest BCUT2D eigenvalue weighted by molar-refractivity contribution is 0.107. The third-order valence-electron chi connectivity index (χ3n) is 1.88. The van der Waals surface area contributed by atoms with Gasteiger partial charge >= 0.3 is 0 Å². The maximum absolute atomic E-state index is 9.20. The average Bonchev–Trinajstić information content (AvgIpc) is 1.96. The molecule has 0 aliphatic heterocycles. The predicted octanol–water partition coefficient (Wildman–Crippen LogP) is 0.426. The molecule has 0 rings (SSSR count). The first-order valence-corrected chi connectivity index (χ1v) is 4.70. The van der Waals surface area contributed by atoms with Crippen LogP contribution in [0.3, 0.4) is 0 Å². The molecule has 0 saturated heterocycles. The number of nitrogens with two attached hydrogens (primary N) is 1. The number of aliphatic hydroxyl groups excluding tert-OH is 1. The van der Waals surface area contributed by atoms with Crippen LogP contribution in [-0.4, -0.2) is 41.8 Å². The number of hydrogen-bond acceptors (Lipinski definition) is 3. The minimum atomic E-state index is -0.245. The summed E-state index contributed by atoms with van der Waals surface area (Å²) >= 11 is 0. The molecule has 0 radical (unpaired) electrons. The summed E-state index contributed by atoms with van der Waals surface area (Å²) in [5, 5.41) is 9.20. The van der Waals surface area contributed by atoms with Crippen LogP contribution in [0.1, 0.15) is 27.2 Å². The summed E-state index contributed by atoms with van der Waals surface area (Å²) < 4.78 is 0. The molecule has 74 valence electrons. The first-order valence-electron chi connectivity index (χ1n) is 4.70. The molecule has 12 heavy (non-hydrogen) atoms. The maximum atomic E-state index is 9.20. The summed E-state index contributed by atoms with van der Waals surface area (Å²) in [6.07, 6.45) is 0.760. The van der Waals surface area contributed by atoms with Gasteiger partial charge in [-0.1, -0.05) is 0 Å². The molecule has 0 heterocycles. The van der Waals surface area contributed by atoms with Crippen molar-refractivity contribution in [3.8, 4) is 0 Å². The highest BCUT2D eigenvalue weighted by atomic mass is 16.3. The van der Waals surface area contributed by atoms with Crippen LogP contribution >= 0.6 is 0 Å². The Morgan fingerprint density at radius 1 is 1.33 bits per heavy atom. The second kappa shape index (κ2) is 6.40. The number of nitrogens with zero attached hydrogens (tertiary/aromatic N) is 1. The van der Waals surface area contributed by atoms with E-state index in [0.717, 1.165) is 26.1 Å². The van der Waals surface area contributed by atoms with Gasteiger partial charge in [0.2, 0.25) is 0 Å². The van der Waals surface area contributed by atoms with Crippen molar-refractivity contribution in [3.05, 3.63) is 0 Å². The fourth-order valence-electron chi connectivity index (χ4n) is 1.19. The summed E-state index contributed by atoms with van der Waals surface area (Å²) in [5.41, 5.74) is 5.42. The van der Waals surface area contributed by atoms with Crippen LogP contribution in [0.15, 0.2) is 0 Å². The molecule has 0 fully saturated rings. The minimum Gasteiger partial charge on any atom is -0.392 e. The standard InChI is InChI=1S/C9H22N2O/c1-8(2)11(6-4-5-10)7-9(3)12/h8-9,12H,4-7,10H2,1-3H3. The normalized spacial score (nSPS) is 14.2. The highest BCUT2D eigenvalue weighted by Crippen LogP contribution is 2.00. The van der Waals surface area contributed by atoms with E-state index in [1.165, 1.54) is 0 Å². The molecule has 0 saturated carbocycles. The first kappa shape index (κ1) is 11.9. The summed E-state index contributed by atoms with van der Waals surface area (Å²) in [6, 6.07) is 0.492. The first-order chi connectivity index (χ1) is 5.57. The second-order valence-electron chi connectivity index (χ2n) is 3.58. The third kappa shape index (κ3) is 5.52. The molecule has 3 nitrogen and oxygen atoms in total. The summed E-state index contributed by atoms with van der Waals surface area (Å²) in [7, 11) is 0. The molecule has 0 spiro atoms. The Morgan fingerprint density at radius 2 is 1.92 bits per heavy atom. The zero-order valence-electron chi connectivity index (χ0n) is 8.45. The molecule has 0 aromatic carbocycles. The van der Waals surface area contributed by atoms with Crippen LogP contribution in [0.25, 0.3) is 0 Å². The summed E-state index contributed by atoms with van der Waals surface area (Å²) in [5.74, 6) is 0. The number of hydrogen-bond donors (Lipinski definition) is 2. The van der Waals surface area contributed by atoms with Crippen LogP contribution in [0.5, 0.6) is 0 Å². The van der Waals surface area contributed by atoms with Crippen molar-refractivity contribution < 1.29 is 5.11 Å². The fraction of sp³-hybridized carbons (Fsp3) is 1.00. The van der Waals surface area contributed by atoms with E-state index in [1.807, 2.05) is 6.92 Å². The van der Waals surface area contributed by atoms with Gasteiger partial charge in [0.05, 0.1) is 6.10 Å². The van der Waals surface area contributed by atoms with Crippen LogP contribution in [0, 0.1) is 0 Å². The Balaban J connectivity index is 3.70. The summed E-state index contributed by atoms with van der Waals surface area (Å²) in [4.78, 5) is 2.25. The lowest BCUT2D eigenvalue weighted by atomic mass is 10.2. The van der Waals surface area contributed by atoms with E-state index in [4.69, 9.17) is 5.73 Å². The van der Waals surface area contributed by atoms with Gasteiger partial charge in [-0.05, 0) is 40.3 Å². The molecule has 0 aromatic rings. The SMILES string of the molecule is CC(O)CN(CCCN)C(C)C. The van der Waals surface area contributed by atoms with Crippen molar-refractivity contribution >= 4 is 0 Å². The van der Waals surface area contributed by atoms with E-state index in [-0.39, 0.29) is 6.10 Å². The molecule has 0 aliphatic rings. The van der Waals surface area contributed by atoms with E-state index in [1.54, 1.807) is 0 Å². The highest BCUT2D eigenvalue weighted by Gasteiger charge is 2.10. The maximum Gasteiger partial charge on any atom is 0.0639 e. The molecule has 0 aromatic heterocycles. The highest BCUT2D eigenvalue weighted by molar-refractivity contribution is 4.65. The quantitative estimate of drug-likeness (QED) is 0.614. The molecule has 0 amide bonds. The van der Waals surface area contributed by atoms with Gasteiger partial charge in [0.25, 0.3) is 0 Å². The lowest BCUT2D eigenvalue weighted by Gasteiger charge is -2.27. The van der Waals surface area contributed by atoms with Gasteiger partial charge in [-0.3, -0.25) is 4.90 Å². The third-order valence-corrected chi connectivity index (χ3v) is 1.88. The zero-order valence-corrected chi connectivity index (χ0v) is 8.45. The van der Waals surface area contributed by atoms with Gasteiger partial charge < -0.3 is 10.8 Å². The van der Waals surface area contributed by atoms with Gasteiger partial charge in [-0.25, -0.2) is 0 Å². The molecule has 3 N–H and O–H groups in total. The largest absolute Gasteiger partial charge is 0.392 e. The number of rotatable bonds is 6. The van der Waals surface area contributed by atoms with Gasteiger partial charge in [-0.2, -0.15) is 0 Å². The van der Waals surface area contributed by atoms with Crippen molar-refractivity contribution in [1.29, 1.82) is 0 Å². The smallest absolute Gasteiger partial charge is 0.0639 e. The second-order valence-corrected chi connectivity index (χ2v) is 3.58. The Hall–Kier alpha value is -0.120. The molecule has 0 bridgehead atoms. The molecular weight excluding hydrogens is 152 g/mol. The van der Waals surface area contributed by atoms with Gasteiger partial charge in [0.15, 0.2) is 0 Å². The van der Waals surface area contributed by atoms with E-state index < -0.39 is 0 Å². The van der Waals surface area contributed by atoms with Crippen LogP contribution in [0.2, 0.25) is 0 Å². The molecule has 0 aliphatic carbocycles. The van der Waals surface area contributed by atoms with Crippen molar-refractivity contribution in [2.24, 2.45) is 5.73 Å². The Bertz CT molecular complexity index is 105. The predicted molar refractivity (Wildman–Crippen MR) is 52.1 cm³/mol. The van der Waals surface area contributed by atoms with Gasteiger partial charge in [-0.15, -0.1) is 0 Å². The van der Waals surface area contributed by atoms with Gasteiger partial charge in [0, 0.05) is 12.6 Å². The average molecular weight is 174 g/mol. The van der Waals surface area contributed by atoms with E-state index in [2.05, 4.69) is 18.7 Å². The molecule has 3 heteroatoms. The van der Waals surface area contributed by atoms with Crippen LogP contribution in [-0.2, 0) is 0 Å². The van der Waals surface area contributed by atoms with Crippen molar-refractivity contribution in [2.45, 2.75) is 39.3 Å². The van der Waals surface area contributed by atoms with Crippen LogP contribution in [0.4, 0.5) is 0 Å².